The molecule has 24 heavy (non-hydrogen) atoms. The van der Waals surface area contributed by atoms with E-state index in [0.29, 0.717) is 6.54 Å². The Balaban J connectivity index is 2.19. The first-order chi connectivity index (χ1) is 11.4. The second-order valence-electron chi connectivity index (χ2n) is 6.63. The molecule has 4 rings (SSSR count). The average molecular weight is 317 g/mol. The van der Waals surface area contributed by atoms with Crippen molar-refractivity contribution in [2.75, 3.05) is 0 Å². The van der Waals surface area contributed by atoms with Crippen LogP contribution in [0.25, 0.3) is 33.1 Å². The predicted octanol–water partition coefficient (Wildman–Crippen LogP) is 4.25. The molecule has 0 bridgehead atoms. The summed E-state index contributed by atoms with van der Waals surface area (Å²) in [5.74, 6) is 0.108. The van der Waals surface area contributed by atoms with Gasteiger partial charge in [-0.25, -0.2) is 9.97 Å². The second-order valence-corrected chi connectivity index (χ2v) is 6.63. The number of nitrogens with zero attached hydrogens (tertiary/aromatic N) is 3. The second kappa shape index (κ2) is 5.13. The van der Waals surface area contributed by atoms with Crippen molar-refractivity contribution in [2.45, 2.75) is 34.2 Å². The Labute approximate surface area is 140 Å². The number of benzene rings is 2. The molecule has 4 nitrogen and oxygen atoms in total. The summed E-state index contributed by atoms with van der Waals surface area (Å²) >= 11 is 0. The molecule has 0 aliphatic carbocycles. The van der Waals surface area contributed by atoms with Crippen LogP contribution in [-0.2, 0) is 11.3 Å². The first-order valence-electron chi connectivity index (χ1n) is 8.11. The van der Waals surface area contributed by atoms with Gasteiger partial charge in [-0.1, -0.05) is 11.6 Å². The van der Waals surface area contributed by atoms with Crippen molar-refractivity contribution in [3.63, 3.8) is 0 Å². The van der Waals surface area contributed by atoms with Gasteiger partial charge in [0.1, 0.15) is 11.3 Å². The first-order valence-corrected chi connectivity index (χ1v) is 8.11. The maximum atomic E-state index is 11.8. The Bertz CT molecular complexity index is 1140. The van der Waals surface area contributed by atoms with Gasteiger partial charge in [-0.05, 0) is 63.1 Å². The number of hydrogen-bond donors (Lipinski definition) is 0. The third-order valence-corrected chi connectivity index (χ3v) is 4.60. The van der Waals surface area contributed by atoms with E-state index in [2.05, 4.69) is 51.1 Å². The van der Waals surface area contributed by atoms with Gasteiger partial charge in [-0.3, -0.25) is 4.79 Å². The van der Waals surface area contributed by atoms with E-state index in [1.165, 1.54) is 16.7 Å². The molecule has 0 aliphatic rings. The van der Waals surface area contributed by atoms with Gasteiger partial charge in [-0.2, -0.15) is 0 Å². The van der Waals surface area contributed by atoms with Crippen molar-refractivity contribution >= 4 is 38.9 Å². The fourth-order valence-corrected chi connectivity index (χ4v) is 3.24. The zero-order valence-electron chi connectivity index (χ0n) is 14.3. The van der Waals surface area contributed by atoms with Crippen LogP contribution in [0.1, 0.15) is 23.6 Å². The van der Waals surface area contributed by atoms with Crippen LogP contribution >= 0.6 is 0 Å². The lowest BCUT2D eigenvalue weighted by molar-refractivity contribution is -0.117. The van der Waals surface area contributed by atoms with Gasteiger partial charge in [0, 0.05) is 5.39 Å². The number of carbonyl (C=O) groups excluding carboxylic acids is 1. The van der Waals surface area contributed by atoms with Crippen LogP contribution < -0.4 is 0 Å². The van der Waals surface area contributed by atoms with Crippen LogP contribution in [0, 0.1) is 20.8 Å². The highest BCUT2D eigenvalue weighted by molar-refractivity contribution is 6.07. The number of aromatic nitrogens is 3. The van der Waals surface area contributed by atoms with Gasteiger partial charge in [0.2, 0.25) is 0 Å². The summed E-state index contributed by atoms with van der Waals surface area (Å²) in [6.45, 7) is 8.15. The normalized spacial score (nSPS) is 11.7. The zero-order chi connectivity index (χ0) is 17.0. The van der Waals surface area contributed by atoms with Gasteiger partial charge < -0.3 is 4.57 Å². The molecule has 4 aromatic rings. The Morgan fingerprint density at radius 1 is 1.00 bits per heavy atom. The largest absolute Gasteiger partial charge is 0.316 e. The predicted molar refractivity (Wildman–Crippen MR) is 97.4 cm³/mol. The van der Waals surface area contributed by atoms with Gasteiger partial charge in [0.05, 0.1) is 23.1 Å². The number of rotatable bonds is 2. The molecule has 0 saturated heterocycles. The minimum absolute atomic E-state index is 0.108. The smallest absolute Gasteiger partial charge is 0.160 e. The Kier molecular flexibility index (Phi) is 3.17. The molecule has 2 aromatic heterocycles. The van der Waals surface area contributed by atoms with Crippen LogP contribution in [0.5, 0.6) is 0 Å². The summed E-state index contributed by atoms with van der Waals surface area (Å²) in [5.41, 5.74) is 8.00. The van der Waals surface area contributed by atoms with E-state index in [1.54, 1.807) is 6.92 Å². The molecule has 0 saturated carbocycles. The van der Waals surface area contributed by atoms with Gasteiger partial charge in [0.15, 0.2) is 5.65 Å². The van der Waals surface area contributed by atoms with Crippen molar-refractivity contribution in [3.8, 4) is 0 Å². The SMILES string of the molecule is CC(=O)Cn1c2ccc(C)cc2c2nc3cc(C)c(C)cc3nc21. The highest BCUT2D eigenvalue weighted by atomic mass is 16.1. The van der Waals surface area contributed by atoms with Crippen molar-refractivity contribution in [1.82, 2.24) is 14.5 Å². The van der Waals surface area contributed by atoms with Crippen LogP contribution in [0.3, 0.4) is 0 Å². The highest BCUT2D eigenvalue weighted by Gasteiger charge is 2.16. The fourth-order valence-electron chi connectivity index (χ4n) is 3.24. The van der Waals surface area contributed by atoms with E-state index in [-0.39, 0.29) is 5.78 Å². The van der Waals surface area contributed by atoms with Crippen molar-refractivity contribution < 1.29 is 4.79 Å². The van der Waals surface area contributed by atoms with Gasteiger partial charge in [0.25, 0.3) is 0 Å². The lowest BCUT2D eigenvalue weighted by Gasteiger charge is -2.06. The van der Waals surface area contributed by atoms with Crippen molar-refractivity contribution in [3.05, 3.63) is 47.0 Å². The maximum Gasteiger partial charge on any atom is 0.160 e. The molecule has 0 N–H and O–H groups in total. The summed E-state index contributed by atoms with van der Waals surface area (Å²) < 4.78 is 1.98. The average Bonchev–Trinajstić information content (AvgIpc) is 2.79. The molecule has 0 unspecified atom stereocenters. The monoisotopic (exact) mass is 317 g/mol. The summed E-state index contributed by atoms with van der Waals surface area (Å²) in [5, 5.41) is 1.05. The van der Waals surface area contributed by atoms with Crippen LogP contribution in [0.4, 0.5) is 0 Å². The number of aryl methyl sites for hydroxylation is 3. The van der Waals surface area contributed by atoms with E-state index in [0.717, 1.165) is 33.1 Å². The number of hydrogen-bond acceptors (Lipinski definition) is 3. The van der Waals surface area contributed by atoms with Crippen molar-refractivity contribution in [1.29, 1.82) is 0 Å². The topological polar surface area (TPSA) is 47.8 Å². The number of ketones is 1. The van der Waals surface area contributed by atoms with E-state index < -0.39 is 0 Å². The lowest BCUT2D eigenvalue weighted by atomic mass is 10.1. The van der Waals surface area contributed by atoms with E-state index in [1.807, 2.05) is 4.57 Å². The first kappa shape index (κ1) is 14.8. The van der Waals surface area contributed by atoms with Gasteiger partial charge in [-0.15, -0.1) is 0 Å². The minimum Gasteiger partial charge on any atom is -0.316 e. The number of carbonyl (C=O) groups is 1. The third-order valence-electron chi connectivity index (χ3n) is 4.60. The van der Waals surface area contributed by atoms with E-state index in [9.17, 15) is 4.79 Å². The quantitative estimate of drug-likeness (QED) is 0.555. The third kappa shape index (κ3) is 2.18. The lowest BCUT2D eigenvalue weighted by Crippen LogP contribution is -2.06. The molecule has 0 atom stereocenters. The zero-order valence-corrected chi connectivity index (χ0v) is 14.3. The summed E-state index contributed by atoms with van der Waals surface area (Å²) in [6.07, 6.45) is 0. The Morgan fingerprint density at radius 2 is 1.67 bits per heavy atom. The Morgan fingerprint density at radius 3 is 2.33 bits per heavy atom. The molecular weight excluding hydrogens is 298 g/mol. The molecule has 2 aromatic carbocycles. The van der Waals surface area contributed by atoms with Crippen LogP contribution in [-0.4, -0.2) is 20.3 Å². The van der Waals surface area contributed by atoms with Crippen LogP contribution in [0.2, 0.25) is 0 Å². The molecule has 0 aliphatic heterocycles. The maximum absolute atomic E-state index is 11.8. The standard InChI is InChI=1S/C20H19N3O/c1-11-5-6-18-15(7-11)19-20(23(18)10-14(4)24)22-17-9-13(3)12(2)8-16(17)21-19/h5-9H,10H2,1-4H3. The highest BCUT2D eigenvalue weighted by Crippen LogP contribution is 2.29. The number of fused-ring (bicyclic) bond motifs is 4. The molecule has 0 radical (unpaired) electrons. The van der Waals surface area contributed by atoms with Crippen LogP contribution in [0.15, 0.2) is 30.3 Å². The van der Waals surface area contributed by atoms with E-state index >= 15 is 0 Å². The van der Waals surface area contributed by atoms with Crippen molar-refractivity contribution in [2.24, 2.45) is 0 Å². The molecule has 120 valence electrons. The minimum atomic E-state index is 0.108. The molecule has 0 spiro atoms. The molecule has 2 heterocycles. The number of Topliss-reactive ketones (excluding diaryl/α,β-unsaturated/α-hetero) is 1. The molecule has 4 heteroatoms. The molecule has 0 fully saturated rings. The summed E-state index contributed by atoms with van der Waals surface area (Å²) in [7, 11) is 0. The summed E-state index contributed by atoms with van der Waals surface area (Å²) in [4.78, 5) is 21.5. The van der Waals surface area contributed by atoms with E-state index in [4.69, 9.17) is 9.97 Å². The molecular formula is C20H19N3O. The molecule has 0 amide bonds. The van der Waals surface area contributed by atoms with Gasteiger partial charge >= 0.3 is 0 Å². The fraction of sp³-hybridized carbons (Fsp3) is 0.250. The summed E-state index contributed by atoms with van der Waals surface area (Å²) in [6, 6.07) is 10.4. The Hall–Kier alpha value is -2.75.